The van der Waals surface area contributed by atoms with Gasteiger partial charge in [0.2, 0.25) is 5.91 Å². The number of hydrogen-bond acceptors (Lipinski definition) is 2. The van der Waals surface area contributed by atoms with Gasteiger partial charge in [0.1, 0.15) is 5.82 Å². The second kappa shape index (κ2) is 4.86. The van der Waals surface area contributed by atoms with Crippen LogP contribution in [0.15, 0.2) is 18.2 Å². The van der Waals surface area contributed by atoms with E-state index in [2.05, 4.69) is 23.0 Å². The van der Waals surface area contributed by atoms with E-state index in [0.29, 0.717) is 5.92 Å². The minimum atomic E-state index is 0.154. The number of imidazole rings is 1. The number of aryl methyl sites for hydroxylation is 1. The fraction of sp³-hybridized carbons (Fsp3) is 0.529. The Morgan fingerprint density at radius 2 is 2.00 bits per heavy atom. The van der Waals surface area contributed by atoms with Crippen LogP contribution in [0.5, 0.6) is 0 Å². The average Bonchev–Trinajstić information content (AvgIpc) is 3.10. The van der Waals surface area contributed by atoms with Gasteiger partial charge < -0.3 is 9.88 Å². The molecule has 1 aromatic heterocycles. The van der Waals surface area contributed by atoms with E-state index in [0.717, 1.165) is 29.6 Å². The van der Waals surface area contributed by atoms with Gasteiger partial charge in [0.15, 0.2) is 0 Å². The van der Waals surface area contributed by atoms with Crippen LogP contribution < -0.4 is 5.32 Å². The fourth-order valence-electron chi connectivity index (χ4n) is 3.44. The minimum absolute atomic E-state index is 0.154. The normalized spacial score (nSPS) is 19.3. The number of aromatic nitrogens is 2. The highest BCUT2D eigenvalue weighted by atomic mass is 16.2. The zero-order chi connectivity index (χ0) is 14.4. The number of rotatable bonds is 3. The highest BCUT2D eigenvalue weighted by Crippen LogP contribution is 2.35. The summed E-state index contributed by atoms with van der Waals surface area (Å²) in [5.41, 5.74) is 3.02. The maximum Gasteiger partial charge on any atom is 0.227 e. The third-order valence-corrected chi connectivity index (χ3v) is 4.85. The van der Waals surface area contributed by atoms with Crippen molar-refractivity contribution in [1.29, 1.82) is 0 Å². The lowest BCUT2D eigenvalue weighted by Gasteiger charge is -2.08. The largest absolute Gasteiger partial charge is 0.331 e. The number of carbonyl (C=O) groups is 1. The Balaban J connectivity index is 1.65. The van der Waals surface area contributed by atoms with Crippen molar-refractivity contribution in [3.8, 4) is 0 Å². The second-order valence-electron chi connectivity index (χ2n) is 6.48. The molecule has 1 heterocycles. The first-order valence-corrected chi connectivity index (χ1v) is 7.99. The van der Waals surface area contributed by atoms with Crippen molar-refractivity contribution in [2.24, 2.45) is 13.0 Å². The molecule has 2 aliphatic carbocycles. The molecule has 4 heteroatoms. The molecule has 1 amide bonds. The molecule has 0 radical (unpaired) electrons. The topological polar surface area (TPSA) is 46.9 Å². The van der Waals surface area contributed by atoms with E-state index >= 15 is 0 Å². The fourth-order valence-corrected chi connectivity index (χ4v) is 3.44. The van der Waals surface area contributed by atoms with Crippen LogP contribution in [0.4, 0.5) is 5.69 Å². The predicted molar refractivity (Wildman–Crippen MR) is 83.3 cm³/mol. The molecule has 0 unspecified atom stereocenters. The first kappa shape index (κ1) is 12.9. The number of carbonyl (C=O) groups excluding carboxylic acids is 1. The van der Waals surface area contributed by atoms with Gasteiger partial charge in [0, 0.05) is 24.6 Å². The van der Waals surface area contributed by atoms with Crippen LogP contribution >= 0.6 is 0 Å². The van der Waals surface area contributed by atoms with E-state index in [1.165, 1.54) is 31.5 Å². The lowest BCUT2D eigenvalue weighted by atomic mass is 10.1. The predicted octanol–water partition coefficient (Wildman–Crippen LogP) is 3.58. The number of nitrogens with one attached hydrogen (secondary N) is 1. The van der Waals surface area contributed by atoms with Gasteiger partial charge in [0.05, 0.1) is 11.0 Å². The molecule has 2 aliphatic rings. The van der Waals surface area contributed by atoms with Crippen LogP contribution in [-0.2, 0) is 11.8 Å². The maximum absolute atomic E-state index is 11.9. The average molecular weight is 283 g/mol. The van der Waals surface area contributed by atoms with E-state index in [1.54, 1.807) is 0 Å². The summed E-state index contributed by atoms with van der Waals surface area (Å²) in [7, 11) is 2.10. The number of anilines is 1. The van der Waals surface area contributed by atoms with Crippen LogP contribution in [0.3, 0.4) is 0 Å². The SMILES string of the molecule is Cn1c(C2CCCC2)nc2cc(NC(=O)C3CC3)ccc21. The molecule has 0 aliphatic heterocycles. The molecule has 4 rings (SSSR count). The second-order valence-corrected chi connectivity index (χ2v) is 6.48. The Bertz CT molecular complexity index is 693. The monoisotopic (exact) mass is 283 g/mol. The van der Waals surface area contributed by atoms with Crippen molar-refractivity contribution < 1.29 is 4.79 Å². The molecule has 0 spiro atoms. The summed E-state index contributed by atoms with van der Waals surface area (Å²) >= 11 is 0. The molecule has 1 aromatic carbocycles. The van der Waals surface area contributed by atoms with Gasteiger partial charge in [-0.15, -0.1) is 0 Å². The molecule has 2 aromatic rings. The Labute approximate surface area is 124 Å². The van der Waals surface area contributed by atoms with Crippen LogP contribution in [0.25, 0.3) is 11.0 Å². The minimum Gasteiger partial charge on any atom is -0.331 e. The summed E-state index contributed by atoms with van der Waals surface area (Å²) in [6, 6.07) is 6.07. The molecule has 1 N–H and O–H groups in total. The Kier molecular flexibility index (Phi) is 2.98. The van der Waals surface area contributed by atoms with Gasteiger partial charge in [-0.25, -0.2) is 4.98 Å². The first-order chi connectivity index (χ1) is 10.2. The number of nitrogens with zero attached hydrogens (tertiary/aromatic N) is 2. The summed E-state index contributed by atoms with van der Waals surface area (Å²) in [5, 5.41) is 3.01. The summed E-state index contributed by atoms with van der Waals surface area (Å²) in [5.74, 6) is 2.19. The van der Waals surface area contributed by atoms with E-state index < -0.39 is 0 Å². The van der Waals surface area contributed by atoms with Crippen LogP contribution in [0.2, 0.25) is 0 Å². The lowest BCUT2D eigenvalue weighted by Crippen LogP contribution is -2.13. The van der Waals surface area contributed by atoms with E-state index in [-0.39, 0.29) is 11.8 Å². The van der Waals surface area contributed by atoms with Crippen molar-refractivity contribution in [1.82, 2.24) is 9.55 Å². The zero-order valence-electron chi connectivity index (χ0n) is 12.4. The van der Waals surface area contributed by atoms with Gasteiger partial charge in [0.25, 0.3) is 0 Å². The van der Waals surface area contributed by atoms with Gasteiger partial charge in [-0.1, -0.05) is 12.8 Å². The lowest BCUT2D eigenvalue weighted by molar-refractivity contribution is -0.117. The van der Waals surface area contributed by atoms with Gasteiger partial charge in [-0.3, -0.25) is 4.79 Å². The van der Waals surface area contributed by atoms with Crippen LogP contribution in [0.1, 0.15) is 50.3 Å². The summed E-state index contributed by atoms with van der Waals surface area (Å²) in [4.78, 5) is 16.7. The molecule has 0 saturated heterocycles. The van der Waals surface area contributed by atoms with Gasteiger partial charge >= 0.3 is 0 Å². The number of amides is 1. The number of benzene rings is 1. The molecular formula is C17H21N3O. The highest BCUT2D eigenvalue weighted by Gasteiger charge is 2.29. The van der Waals surface area contributed by atoms with Crippen molar-refractivity contribution in [2.75, 3.05) is 5.32 Å². The van der Waals surface area contributed by atoms with Gasteiger partial charge in [-0.2, -0.15) is 0 Å². The van der Waals surface area contributed by atoms with Gasteiger partial charge in [-0.05, 0) is 43.9 Å². The smallest absolute Gasteiger partial charge is 0.227 e. The first-order valence-electron chi connectivity index (χ1n) is 7.99. The quantitative estimate of drug-likeness (QED) is 0.936. The van der Waals surface area contributed by atoms with Crippen molar-refractivity contribution >= 4 is 22.6 Å². The van der Waals surface area contributed by atoms with Crippen molar-refractivity contribution in [3.05, 3.63) is 24.0 Å². The molecule has 0 bridgehead atoms. The zero-order valence-corrected chi connectivity index (χ0v) is 12.4. The number of fused-ring (bicyclic) bond motifs is 1. The summed E-state index contributed by atoms with van der Waals surface area (Å²) in [6.45, 7) is 0. The van der Waals surface area contributed by atoms with Crippen molar-refractivity contribution in [3.63, 3.8) is 0 Å². The maximum atomic E-state index is 11.9. The molecule has 0 atom stereocenters. The Morgan fingerprint density at radius 3 is 2.71 bits per heavy atom. The third kappa shape index (κ3) is 2.33. The third-order valence-electron chi connectivity index (χ3n) is 4.85. The standard InChI is InChI=1S/C17H21N3O/c1-20-15-9-8-13(18-17(21)12-6-7-12)10-14(15)19-16(20)11-4-2-3-5-11/h8-12H,2-7H2,1H3,(H,18,21). The molecule has 110 valence electrons. The molecule has 4 nitrogen and oxygen atoms in total. The Hall–Kier alpha value is -1.84. The summed E-state index contributed by atoms with van der Waals surface area (Å²) < 4.78 is 2.22. The molecule has 21 heavy (non-hydrogen) atoms. The molecular weight excluding hydrogens is 262 g/mol. The van der Waals surface area contributed by atoms with E-state index in [1.807, 2.05) is 12.1 Å². The molecule has 2 fully saturated rings. The summed E-state index contributed by atoms with van der Waals surface area (Å²) in [6.07, 6.45) is 7.20. The number of hydrogen-bond donors (Lipinski definition) is 1. The van der Waals surface area contributed by atoms with Crippen LogP contribution in [-0.4, -0.2) is 15.5 Å². The van der Waals surface area contributed by atoms with E-state index in [9.17, 15) is 4.79 Å². The van der Waals surface area contributed by atoms with Crippen LogP contribution in [0, 0.1) is 5.92 Å². The van der Waals surface area contributed by atoms with Crippen molar-refractivity contribution in [2.45, 2.75) is 44.4 Å². The Morgan fingerprint density at radius 1 is 1.24 bits per heavy atom. The highest BCUT2D eigenvalue weighted by molar-refractivity contribution is 5.95. The van der Waals surface area contributed by atoms with E-state index in [4.69, 9.17) is 4.98 Å². The molecule has 2 saturated carbocycles.